The average molecular weight is 328 g/mol. The Morgan fingerprint density at radius 1 is 0.917 bits per heavy atom. The van der Waals surface area contributed by atoms with Crippen LogP contribution in [0.25, 0.3) is 0 Å². The van der Waals surface area contributed by atoms with Crippen LogP contribution >= 0.6 is 0 Å². The second-order valence-electron chi connectivity index (χ2n) is 5.68. The normalized spacial score (nSPS) is 14.3. The van der Waals surface area contributed by atoms with Crippen LogP contribution in [0.15, 0.2) is 42.5 Å². The molecule has 1 heterocycles. The number of methoxy groups -OCH3 is 2. The van der Waals surface area contributed by atoms with Gasteiger partial charge in [0, 0.05) is 26.2 Å². The van der Waals surface area contributed by atoms with Crippen molar-refractivity contribution in [2.45, 2.75) is 6.61 Å². The van der Waals surface area contributed by atoms with Crippen LogP contribution in [0.4, 0.5) is 5.69 Å². The van der Waals surface area contributed by atoms with Crippen LogP contribution < -0.4 is 24.4 Å². The molecule has 1 fully saturated rings. The van der Waals surface area contributed by atoms with Crippen molar-refractivity contribution in [3.63, 3.8) is 0 Å². The quantitative estimate of drug-likeness (QED) is 0.883. The van der Waals surface area contributed by atoms with Gasteiger partial charge >= 0.3 is 0 Å². The zero-order valence-corrected chi connectivity index (χ0v) is 14.2. The fourth-order valence-electron chi connectivity index (χ4n) is 2.88. The highest BCUT2D eigenvalue weighted by Gasteiger charge is 2.15. The first kappa shape index (κ1) is 16.5. The topological polar surface area (TPSA) is 43.0 Å². The molecule has 3 rings (SSSR count). The molecule has 0 spiro atoms. The summed E-state index contributed by atoms with van der Waals surface area (Å²) >= 11 is 0. The molecule has 2 aromatic rings. The summed E-state index contributed by atoms with van der Waals surface area (Å²) in [5.74, 6) is 2.35. The van der Waals surface area contributed by atoms with E-state index in [0.29, 0.717) is 12.4 Å². The summed E-state index contributed by atoms with van der Waals surface area (Å²) in [4.78, 5) is 2.36. The third-order valence-corrected chi connectivity index (χ3v) is 4.17. The van der Waals surface area contributed by atoms with Crippen LogP contribution in [0.3, 0.4) is 0 Å². The van der Waals surface area contributed by atoms with Crippen LogP contribution in [-0.4, -0.2) is 40.4 Å². The van der Waals surface area contributed by atoms with Crippen LogP contribution in [-0.2, 0) is 6.61 Å². The molecule has 5 nitrogen and oxygen atoms in total. The first-order chi connectivity index (χ1) is 11.8. The van der Waals surface area contributed by atoms with E-state index in [1.807, 2.05) is 30.3 Å². The molecule has 0 aliphatic carbocycles. The van der Waals surface area contributed by atoms with Crippen molar-refractivity contribution in [3.8, 4) is 17.2 Å². The summed E-state index contributed by atoms with van der Waals surface area (Å²) in [6.07, 6.45) is 0. The summed E-state index contributed by atoms with van der Waals surface area (Å²) in [6.45, 7) is 4.49. The van der Waals surface area contributed by atoms with Crippen molar-refractivity contribution in [3.05, 3.63) is 48.0 Å². The molecule has 0 amide bonds. The van der Waals surface area contributed by atoms with E-state index in [2.05, 4.69) is 22.3 Å². The smallest absolute Gasteiger partial charge is 0.161 e. The summed E-state index contributed by atoms with van der Waals surface area (Å²) in [5, 5.41) is 3.38. The van der Waals surface area contributed by atoms with Crippen LogP contribution in [0, 0.1) is 0 Å². The summed E-state index contributed by atoms with van der Waals surface area (Å²) < 4.78 is 16.7. The molecule has 1 aliphatic rings. The van der Waals surface area contributed by atoms with E-state index in [4.69, 9.17) is 14.2 Å². The molecule has 24 heavy (non-hydrogen) atoms. The monoisotopic (exact) mass is 328 g/mol. The van der Waals surface area contributed by atoms with Gasteiger partial charge < -0.3 is 24.4 Å². The zero-order chi connectivity index (χ0) is 16.8. The van der Waals surface area contributed by atoms with Crippen molar-refractivity contribution >= 4 is 5.69 Å². The molecule has 1 aliphatic heterocycles. The van der Waals surface area contributed by atoms with Gasteiger partial charge in [0.05, 0.1) is 19.9 Å². The fourth-order valence-corrected chi connectivity index (χ4v) is 2.88. The van der Waals surface area contributed by atoms with E-state index in [9.17, 15) is 0 Å². The van der Waals surface area contributed by atoms with Gasteiger partial charge in [-0.05, 0) is 29.8 Å². The van der Waals surface area contributed by atoms with Gasteiger partial charge in [-0.15, -0.1) is 0 Å². The Morgan fingerprint density at radius 2 is 1.67 bits per heavy atom. The van der Waals surface area contributed by atoms with E-state index in [1.165, 1.54) is 0 Å². The average Bonchev–Trinajstić information content (AvgIpc) is 2.67. The minimum atomic E-state index is 0.490. The predicted molar refractivity (Wildman–Crippen MR) is 95.4 cm³/mol. The van der Waals surface area contributed by atoms with Crippen LogP contribution in [0.1, 0.15) is 5.56 Å². The molecule has 128 valence electrons. The van der Waals surface area contributed by atoms with E-state index < -0.39 is 0 Å². The predicted octanol–water partition coefficient (Wildman–Crippen LogP) is 2.69. The molecule has 0 radical (unpaired) electrons. The lowest BCUT2D eigenvalue weighted by Gasteiger charge is -2.30. The lowest BCUT2D eigenvalue weighted by molar-refractivity contribution is 0.303. The van der Waals surface area contributed by atoms with Crippen molar-refractivity contribution in [1.82, 2.24) is 5.32 Å². The number of rotatable bonds is 6. The van der Waals surface area contributed by atoms with Gasteiger partial charge in [-0.25, -0.2) is 0 Å². The highest BCUT2D eigenvalue weighted by Crippen LogP contribution is 2.31. The second kappa shape index (κ2) is 7.93. The molecule has 0 aromatic heterocycles. The van der Waals surface area contributed by atoms with E-state index in [1.54, 1.807) is 14.2 Å². The minimum Gasteiger partial charge on any atom is -0.493 e. The number of hydrogen-bond donors (Lipinski definition) is 1. The number of nitrogens with zero attached hydrogens (tertiary/aromatic N) is 1. The molecule has 0 unspecified atom stereocenters. The van der Waals surface area contributed by atoms with Crippen molar-refractivity contribution in [2.75, 3.05) is 45.3 Å². The van der Waals surface area contributed by atoms with Gasteiger partial charge in [0.15, 0.2) is 11.5 Å². The van der Waals surface area contributed by atoms with Gasteiger partial charge in [-0.3, -0.25) is 0 Å². The second-order valence-corrected chi connectivity index (χ2v) is 5.68. The number of hydrogen-bond acceptors (Lipinski definition) is 5. The lowest BCUT2D eigenvalue weighted by atomic mass is 10.2. The first-order valence-corrected chi connectivity index (χ1v) is 8.20. The maximum Gasteiger partial charge on any atom is 0.161 e. The summed E-state index contributed by atoms with van der Waals surface area (Å²) in [6, 6.07) is 14.1. The molecule has 0 saturated carbocycles. The Kier molecular flexibility index (Phi) is 5.43. The highest BCUT2D eigenvalue weighted by molar-refractivity contribution is 5.58. The minimum absolute atomic E-state index is 0.490. The molecule has 2 aromatic carbocycles. The van der Waals surface area contributed by atoms with Crippen molar-refractivity contribution in [2.24, 2.45) is 0 Å². The van der Waals surface area contributed by atoms with Crippen molar-refractivity contribution in [1.29, 1.82) is 0 Å². The fraction of sp³-hybridized carbons (Fsp3) is 0.368. The van der Waals surface area contributed by atoms with E-state index >= 15 is 0 Å². The third kappa shape index (κ3) is 3.74. The Bertz CT molecular complexity index is 669. The maximum absolute atomic E-state index is 6.09. The molecule has 1 saturated heterocycles. The number of piperazine rings is 1. The van der Waals surface area contributed by atoms with Crippen molar-refractivity contribution < 1.29 is 14.2 Å². The Hall–Kier alpha value is -2.40. The first-order valence-electron chi connectivity index (χ1n) is 8.20. The number of anilines is 1. The Balaban J connectivity index is 1.73. The highest BCUT2D eigenvalue weighted by atomic mass is 16.5. The van der Waals surface area contributed by atoms with Gasteiger partial charge in [-0.2, -0.15) is 0 Å². The van der Waals surface area contributed by atoms with Gasteiger partial charge in [0.25, 0.3) is 0 Å². The number of para-hydroxylation sites is 2. The Morgan fingerprint density at radius 3 is 2.42 bits per heavy atom. The largest absolute Gasteiger partial charge is 0.493 e. The molecule has 5 heteroatoms. The molecular weight excluding hydrogens is 304 g/mol. The van der Waals surface area contributed by atoms with Gasteiger partial charge in [0.1, 0.15) is 12.4 Å². The summed E-state index contributed by atoms with van der Waals surface area (Å²) in [7, 11) is 3.28. The number of ether oxygens (including phenoxy) is 3. The van der Waals surface area contributed by atoms with E-state index in [-0.39, 0.29) is 0 Å². The molecule has 1 N–H and O–H groups in total. The standard InChI is InChI=1S/C19H24N2O3/c1-22-18-8-7-15(13-19(18)23-2)14-24-17-6-4-3-5-16(17)21-11-9-20-10-12-21/h3-8,13,20H,9-12,14H2,1-2H3. The van der Waals surface area contributed by atoms with E-state index in [0.717, 1.165) is 48.9 Å². The Labute approximate surface area is 143 Å². The van der Waals surface area contributed by atoms with Gasteiger partial charge in [0.2, 0.25) is 0 Å². The lowest BCUT2D eigenvalue weighted by Crippen LogP contribution is -2.43. The molecule has 0 atom stereocenters. The van der Waals surface area contributed by atoms with Crippen LogP contribution in [0.5, 0.6) is 17.2 Å². The summed E-state index contributed by atoms with van der Waals surface area (Å²) in [5.41, 5.74) is 2.20. The number of benzene rings is 2. The van der Waals surface area contributed by atoms with Gasteiger partial charge in [-0.1, -0.05) is 18.2 Å². The SMILES string of the molecule is COc1ccc(COc2ccccc2N2CCNCC2)cc1OC. The zero-order valence-electron chi connectivity index (χ0n) is 14.2. The maximum atomic E-state index is 6.09. The van der Waals surface area contributed by atoms with Crippen LogP contribution in [0.2, 0.25) is 0 Å². The third-order valence-electron chi connectivity index (χ3n) is 4.17. The number of nitrogens with one attached hydrogen (secondary N) is 1. The molecule has 0 bridgehead atoms. The molecular formula is C19H24N2O3.